The highest BCUT2D eigenvalue weighted by Crippen LogP contribution is 2.13. The first-order valence-corrected chi connectivity index (χ1v) is 8.73. The highest BCUT2D eigenvalue weighted by molar-refractivity contribution is 14.0. The van der Waals surface area contributed by atoms with Gasteiger partial charge in [0.15, 0.2) is 11.7 Å². The number of aliphatic imine (C=N–C) groups is 1. The minimum Gasteiger partial charge on any atom is -0.359 e. The first-order valence-electron chi connectivity index (χ1n) is 8.73. The summed E-state index contributed by atoms with van der Waals surface area (Å²) in [5.74, 6) is 2.02. The zero-order valence-corrected chi connectivity index (χ0v) is 18.1. The second kappa shape index (κ2) is 13.5. The number of nitrogens with one attached hydrogen (secondary N) is 2. The molecule has 0 aliphatic heterocycles. The summed E-state index contributed by atoms with van der Waals surface area (Å²) in [5, 5.41) is 10.7. The van der Waals surface area contributed by atoms with Crippen molar-refractivity contribution in [3.8, 4) is 0 Å². The second-order valence-corrected chi connectivity index (χ2v) is 5.96. The van der Waals surface area contributed by atoms with E-state index in [1.54, 1.807) is 7.05 Å². The maximum atomic E-state index is 5.31. The van der Waals surface area contributed by atoms with Gasteiger partial charge in [-0.2, -0.15) is 0 Å². The molecule has 0 saturated carbocycles. The predicted molar refractivity (Wildman–Crippen MR) is 111 cm³/mol. The molecule has 6 nitrogen and oxygen atoms in total. The Morgan fingerprint density at radius 2 is 1.96 bits per heavy atom. The Hall–Kier alpha value is -0.830. The molecule has 1 aromatic heterocycles. The van der Waals surface area contributed by atoms with Crippen LogP contribution in [-0.4, -0.2) is 49.2 Å². The molecule has 0 fully saturated rings. The number of halogens is 1. The summed E-state index contributed by atoms with van der Waals surface area (Å²) in [6, 6.07) is 2.00. The van der Waals surface area contributed by atoms with E-state index in [2.05, 4.69) is 53.4 Å². The molecule has 0 saturated heterocycles. The smallest absolute Gasteiger partial charge is 0.191 e. The largest absolute Gasteiger partial charge is 0.359 e. The van der Waals surface area contributed by atoms with E-state index in [4.69, 9.17) is 4.52 Å². The van der Waals surface area contributed by atoms with Crippen LogP contribution < -0.4 is 10.6 Å². The van der Waals surface area contributed by atoms with Crippen LogP contribution in [0.3, 0.4) is 0 Å². The molecular weight excluding hydrogens is 417 g/mol. The van der Waals surface area contributed by atoms with E-state index in [9.17, 15) is 0 Å². The molecule has 1 aromatic rings. The fraction of sp³-hybridized carbons (Fsp3) is 0.765. The minimum absolute atomic E-state index is 0. The monoisotopic (exact) mass is 451 g/mol. The summed E-state index contributed by atoms with van der Waals surface area (Å²) in [4.78, 5) is 6.68. The van der Waals surface area contributed by atoms with Gasteiger partial charge in [0.2, 0.25) is 0 Å². The van der Waals surface area contributed by atoms with Gasteiger partial charge in [-0.1, -0.05) is 32.9 Å². The third-order valence-electron chi connectivity index (χ3n) is 3.91. The van der Waals surface area contributed by atoms with Crippen LogP contribution in [-0.2, 0) is 6.54 Å². The van der Waals surface area contributed by atoms with E-state index >= 15 is 0 Å². The predicted octanol–water partition coefficient (Wildman–Crippen LogP) is 3.20. The Kier molecular flexibility index (Phi) is 13.0. The first-order chi connectivity index (χ1) is 11.1. The van der Waals surface area contributed by atoms with Gasteiger partial charge in [0.1, 0.15) is 0 Å². The SMILES string of the molecule is CCN(CC)CCCCNC(=NC)NCc1cc(C(C)C)no1.I. The molecule has 0 amide bonds. The summed E-state index contributed by atoms with van der Waals surface area (Å²) in [5.41, 5.74) is 0.987. The molecular formula is C17H34IN5O. The number of hydrogen-bond acceptors (Lipinski definition) is 4. The van der Waals surface area contributed by atoms with Crippen LogP contribution in [0.1, 0.15) is 57.9 Å². The van der Waals surface area contributed by atoms with Gasteiger partial charge in [-0.3, -0.25) is 4.99 Å². The van der Waals surface area contributed by atoms with E-state index in [0.717, 1.165) is 50.0 Å². The van der Waals surface area contributed by atoms with Crippen molar-refractivity contribution in [3.63, 3.8) is 0 Å². The van der Waals surface area contributed by atoms with Gasteiger partial charge in [0.25, 0.3) is 0 Å². The second-order valence-electron chi connectivity index (χ2n) is 5.96. The van der Waals surface area contributed by atoms with E-state index < -0.39 is 0 Å². The molecule has 0 bridgehead atoms. The summed E-state index contributed by atoms with van der Waals surface area (Å²) in [7, 11) is 1.78. The van der Waals surface area contributed by atoms with Crippen LogP contribution in [0.25, 0.3) is 0 Å². The third-order valence-corrected chi connectivity index (χ3v) is 3.91. The number of rotatable bonds is 10. The minimum atomic E-state index is 0. The average Bonchev–Trinajstić information content (AvgIpc) is 3.03. The molecule has 0 radical (unpaired) electrons. The van der Waals surface area contributed by atoms with Crippen LogP contribution in [0.5, 0.6) is 0 Å². The maximum Gasteiger partial charge on any atom is 0.191 e. The highest BCUT2D eigenvalue weighted by atomic mass is 127. The molecule has 7 heteroatoms. The standard InChI is InChI=1S/C17H33N5O.HI/c1-6-22(7-2)11-9-8-10-19-17(18-5)20-13-15-12-16(14(3)4)21-23-15;/h12,14H,6-11,13H2,1-5H3,(H2,18,19,20);1H. The molecule has 0 aromatic carbocycles. The van der Waals surface area contributed by atoms with Crippen molar-refractivity contribution in [1.82, 2.24) is 20.7 Å². The Bertz CT molecular complexity index is 458. The van der Waals surface area contributed by atoms with E-state index in [-0.39, 0.29) is 24.0 Å². The molecule has 24 heavy (non-hydrogen) atoms. The van der Waals surface area contributed by atoms with Crippen molar-refractivity contribution < 1.29 is 4.52 Å². The zero-order valence-electron chi connectivity index (χ0n) is 15.8. The molecule has 0 aliphatic carbocycles. The van der Waals surface area contributed by atoms with Crippen LogP contribution in [0.15, 0.2) is 15.6 Å². The zero-order chi connectivity index (χ0) is 17.1. The Labute approximate surface area is 163 Å². The summed E-state index contributed by atoms with van der Waals surface area (Å²) in [6.45, 7) is 13.6. The average molecular weight is 451 g/mol. The lowest BCUT2D eigenvalue weighted by Crippen LogP contribution is -2.37. The fourth-order valence-corrected chi connectivity index (χ4v) is 2.28. The summed E-state index contributed by atoms with van der Waals surface area (Å²) < 4.78 is 5.31. The molecule has 1 rings (SSSR count). The lowest BCUT2D eigenvalue weighted by atomic mass is 10.1. The number of unbranched alkanes of at least 4 members (excludes halogenated alkanes) is 1. The fourth-order valence-electron chi connectivity index (χ4n) is 2.28. The van der Waals surface area contributed by atoms with Crippen molar-refractivity contribution in [1.29, 1.82) is 0 Å². The van der Waals surface area contributed by atoms with Crippen molar-refractivity contribution in [3.05, 3.63) is 17.5 Å². The van der Waals surface area contributed by atoms with Crippen molar-refractivity contribution in [2.75, 3.05) is 33.2 Å². The topological polar surface area (TPSA) is 65.7 Å². The van der Waals surface area contributed by atoms with Gasteiger partial charge in [-0.25, -0.2) is 0 Å². The normalized spacial score (nSPS) is 11.7. The van der Waals surface area contributed by atoms with Gasteiger partial charge in [-0.05, 0) is 38.4 Å². The van der Waals surface area contributed by atoms with Gasteiger partial charge < -0.3 is 20.1 Å². The Morgan fingerprint density at radius 1 is 1.25 bits per heavy atom. The number of guanidine groups is 1. The van der Waals surface area contributed by atoms with E-state index in [1.165, 1.54) is 6.42 Å². The highest BCUT2D eigenvalue weighted by Gasteiger charge is 2.08. The molecule has 0 unspecified atom stereocenters. The number of aromatic nitrogens is 1. The van der Waals surface area contributed by atoms with Gasteiger partial charge in [0, 0.05) is 19.7 Å². The van der Waals surface area contributed by atoms with Gasteiger partial charge in [-0.15, -0.1) is 24.0 Å². The number of nitrogens with zero attached hydrogens (tertiary/aromatic N) is 3. The molecule has 2 N–H and O–H groups in total. The van der Waals surface area contributed by atoms with Crippen molar-refractivity contribution in [2.24, 2.45) is 4.99 Å². The van der Waals surface area contributed by atoms with Gasteiger partial charge in [0.05, 0.1) is 12.2 Å². The van der Waals surface area contributed by atoms with Crippen molar-refractivity contribution >= 4 is 29.9 Å². The van der Waals surface area contributed by atoms with Crippen LogP contribution in [0.4, 0.5) is 0 Å². The molecule has 0 spiro atoms. The summed E-state index contributed by atoms with van der Waals surface area (Å²) >= 11 is 0. The lowest BCUT2D eigenvalue weighted by molar-refractivity contribution is 0.297. The lowest BCUT2D eigenvalue weighted by Gasteiger charge is -2.17. The van der Waals surface area contributed by atoms with Crippen molar-refractivity contribution in [2.45, 2.75) is 53.0 Å². The van der Waals surface area contributed by atoms with Crippen LogP contribution in [0, 0.1) is 0 Å². The quantitative estimate of drug-likeness (QED) is 0.248. The molecule has 1 heterocycles. The van der Waals surface area contributed by atoms with E-state index in [1.807, 2.05) is 6.07 Å². The summed E-state index contributed by atoms with van der Waals surface area (Å²) in [6.07, 6.45) is 2.34. The maximum absolute atomic E-state index is 5.31. The third kappa shape index (κ3) is 8.86. The van der Waals surface area contributed by atoms with Crippen LogP contribution in [0.2, 0.25) is 0 Å². The first kappa shape index (κ1) is 23.2. The van der Waals surface area contributed by atoms with Gasteiger partial charge >= 0.3 is 0 Å². The molecule has 0 atom stereocenters. The Morgan fingerprint density at radius 3 is 2.50 bits per heavy atom. The Balaban J connectivity index is 0.00000529. The van der Waals surface area contributed by atoms with Crippen LogP contribution >= 0.6 is 24.0 Å². The molecule has 0 aliphatic rings. The molecule has 140 valence electrons. The van der Waals surface area contributed by atoms with E-state index in [0.29, 0.717) is 12.5 Å². The number of hydrogen-bond donors (Lipinski definition) is 2.